The van der Waals surface area contributed by atoms with Gasteiger partial charge in [0.05, 0.1) is 7.11 Å². The van der Waals surface area contributed by atoms with Crippen LogP contribution in [0.1, 0.15) is 37.7 Å². The molecule has 2 aliphatic rings. The number of hydrogen-bond acceptors (Lipinski definition) is 3. The first kappa shape index (κ1) is 22.1. The summed E-state index contributed by atoms with van der Waals surface area (Å²) in [6, 6.07) is 14.3. The van der Waals surface area contributed by atoms with Crippen molar-refractivity contribution in [3.05, 3.63) is 59.9 Å². The molecule has 0 aromatic heterocycles. The Morgan fingerprint density at radius 3 is 2.47 bits per heavy atom. The molecule has 2 aromatic rings. The van der Waals surface area contributed by atoms with Gasteiger partial charge in [-0.15, -0.1) is 0 Å². The van der Waals surface area contributed by atoms with Crippen molar-refractivity contribution in [3.63, 3.8) is 0 Å². The van der Waals surface area contributed by atoms with Crippen LogP contribution in [0.25, 0.3) is 0 Å². The number of carbonyl (C=O) groups is 2. The Balaban J connectivity index is 1.32. The van der Waals surface area contributed by atoms with E-state index >= 15 is 0 Å². The molecule has 0 radical (unpaired) electrons. The maximum absolute atomic E-state index is 13.9. The number of anilines is 1. The lowest BCUT2D eigenvalue weighted by atomic mass is 9.73. The number of halogens is 1. The van der Waals surface area contributed by atoms with Crippen molar-refractivity contribution in [1.29, 1.82) is 0 Å². The second-order valence-corrected chi connectivity index (χ2v) is 8.82. The molecule has 4 rings (SSSR count). The van der Waals surface area contributed by atoms with E-state index in [4.69, 9.17) is 4.74 Å². The fraction of sp³-hybridized carbons (Fsp3) is 0.440. The van der Waals surface area contributed by atoms with Gasteiger partial charge in [-0.3, -0.25) is 4.79 Å². The van der Waals surface area contributed by atoms with Crippen molar-refractivity contribution < 1.29 is 18.7 Å². The van der Waals surface area contributed by atoms with Crippen LogP contribution < -0.4 is 10.1 Å². The van der Waals surface area contributed by atoms with E-state index in [-0.39, 0.29) is 23.1 Å². The van der Waals surface area contributed by atoms with Gasteiger partial charge in [-0.2, -0.15) is 0 Å². The highest BCUT2D eigenvalue weighted by Gasteiger charge is 2.38. The minimum atomic E-state index is -0.508. The number of hydrogen-bond donors (Lipinski definition) is 1. The molecule has 0 unspecified atom stereocenters. The van der Waals surface area contributed by atoms with Crippen LogP contribution in [0, 0.1) is 11.2 Å². The molecule has 2 heterocycles. The van der Waals surface area contributed by atoms with E-state index in [1.54, 1.807) is 11.0 Å². The third kappa shape index (κ3) is 5.03. The number of benzene rings is 2. The van der Waals surface area contributed by atoms with Gasteiger partial charge >= 0.3 is 6.03 Å². The molecule has 0 saturated carbocycles. The largest absolute Gasteiger partial charge is 0.494 e. The van der Waals surface area contributed by atoms with Gasteiger partial charge in [-0.25, -0.2) is 9.18 Å². The van der Waals surface area contributed by atoms with Crippen LogP contribution in [0.4, 0.5) is 14.9 Å². The normalized spacial score (nSPS) is 18.4. The molecule has 0 aliphatic carbocycles. The number of amides is 3. The molecule has 2 aromatic carbocycles. The molecular formula is C25H30FN3O3. The van der Waals surface area contributed by atoms with Crippen LogP contribution >= 0.6 is 0 Å². The fourth-order valence-electron chi connectivity index (χ4n) is 4.75. The molecule has 7 heteroatoms. The molecule has 1 spiro atoms. The average molecular weight is 440 g/mol. The number of urea groups is 1. The predicted molar refractivity (Wildman–Crippen MR) is 121 cm³/mol. The van der Waals surface area contributed by atoms with Gasteiger partial charge in [0.1, 0.15) is 0 Å². The van der Waals surface area contributed by atoms with Crippen molar-refractivity contribution in [2.75, 3.05) is 32.1 Å². The van der Waals surface area contributed by atoms with Crippen molar-refractivity contribution >= 4 is 17.6 Å². The summed E-state index contributed by atoms with van der Waals surface area (Å²) in [4.78, 5) is 29.1. The maximum Gasteiger partial charge on any atom is 0.321 e. The summed E-state index contributed by atoms with van der Waals surface area (Å²) in [6.07, 6.45) is 4.15. The maximum atomic E-state index is 13.9. The topological polar surface area (TPSA) is 61.9 Å². The van der Waals surface area contributed by atoms with E-state index in [0.717, 1.165) is 37.8 Å². The molecule has 170 valence electrons. The smallest absolute Gasteiger partial charge is 0.321 e. The summed E-state index contributed by atoms with van der Waals surface area (Å²) in [5, 5.41) is 2.78. The number of piperidine rings is 1. The number of carbonyl (C=O) groups excluding carboxylic acids is 2. The second-order valence-electron chi connectivity index (χ2n) is 8.82. The Bertz CT molecular complexity index is 958. The van der Waals surface area contributed by atoms with Crippen LogP contribution in [-0.2, 0) is 11.3 Å². The molecule has 6 nitrogen and oxygen atoms in total. The van der Waals surface area contributed by atoms with E-state index in [1.165, 1.54) is 19.2 Å². The molecule has 0 bridgehead atoms. The van der Waals surface area contributed by atoms with Crippen LogP contribution in [0.2, 0.25) is 0 Å². The summed E-state index contributed by atoms with van der Waals surface area (Å²) in [5.41, 5.74) is 1.66. The number of nitrogens with one attached hydrogen (secondary N) is 1. The zero-order chi connectivity index (χ0) is 22.6. The number of likely N-dealkylation sites (tertiary alicyclic amines) is 2. The van der Waals surface area contributed by atoms with Crippen molar-refractivity contribution in [1.82, 2.24) is 9.80 Å². The summed E-state index contributed by atoms with van der Waals surface area (Å²) in [7, 11) is 1.40. The molecular weight excluding hydrogens is 409 g/mol. The molecule has 3 amide bonds. The highest BCUT2D eigenvalue weighted by Crippen LogP contribution is 2.41. The Morgan fingerprint density at radius 2 is 1.78 bits per heavy atom. The minimum absolute atomic E-state index is 0.101. The first-order valence-electron chi connectivity index (χ1n) is 11.2. The van der Waals surface area contributed by atoms with Crippen LogP contribution in [0.15, 0.2) is 48.5 Å². The molecule has 2 fully saturated rings. The van der Waals surface area contributed by atoms with Crippen LogP contribution in [0.3, 0.4) is 0 Å². The second kappa shape index (κ2) is 9.59. The quantitative estimate of drug-likeness (QED) is 0.754. The lowest BCUT2D eigenvalue weighted by molar-refractivity contribution is -0.131. The van der Waals surface area contributed by atoms with Gasteiger partial charge in [-0.05, 0) is 48.8 Å². The number of nitrogens with zero attached hydrogens (tertiary/aromatic N) is 2. The summed E-state index contributed by atoms with van der Waals surface area (Å²) in [6.45, 7) is 2.68. The summed E-state index contributed by atoms with van der Waals surface area (Å²) in [5.74, 6) is -0.148. The van der Waals surface area contributed by atoms with E-state index in [0.29, 0.717) is 31.7 Å². The third-order valence-corrected chi connectivity index (χ3v) is 6.86. The lowest BCUT2D eigenvalue weighted by Crippen LogP contribution is -2.45. The molecule has 1 N–H and O–H groups in total. The van der Waals surface area contributed by atoms with Crippen LogP contribution in [0.5, 0.6) is 5.75 Å². The minimum Gasteiger partial charge on any atom is -0.494 e. The zero-order valence-electron chi connectivity index (χ0n) is 18.5. The first-order valence-corrected chi connectivity index (χ1v) is 11.2. The standard InChI is InChI=1S/C25H30FN3O3/c1-32-22-8-7-20(17-21(22)26)27-24(31)28-14-11-25(12-15-28)10-9-23(30)29(16-13-25)18-19-5-3-2-4-6-19/h2-8,17H,9-16,18H2,1H3,(H,27,31). The van der Waals surface area contributed by atoms with Crippen molar-refractivity contribution in [2.45, 2.75) is 38.6 Å². The zero-order valence-corrected chi connectivity index (χ0v) is 18.5. The van der Waals surface area contributed by atoms with Crippen molar-refractivity contribution in [3.8, 4) is 5.75 Å². The Morgan fingerprint density at radius 1 is 1.06 bits per heavy atom. The highest BCUT2D eigenvalue weighted by atomic mass is 19.1. The van der Waals surface area contributed by atoms with Gasteiger partial charge in [0.2, 0.25) is 5.91 Å². The van der Waals surface area contributed by atoms with Crippen LogP contribution in [-0.4, -0.2) is 48.5 Å². The lowest BCUT2D eigenvalue weighted by Gasteiger charge is -2.41. The van der Waals surface area contributed by atoms with E-state index in [9.17, 15) is 14.0 Å². The number of ether oxygens (including phenoxy) is 1. The number of methoxy groups -OCH3 is 1. The van der Waals surface area contributed by atoms with Crippen molar-refractivity contribution in [2.24, 2.45) is 5.41 Å². The van der Waals surface area contributed by atoms with E-state index in [2.05, 4.69) is 17.4 Å². The molecule has 2 saturated heterocycles. The molecule has 32 heavy (non-hydrogen) atoms. The third-order valence-electron chi connectivity index (χ3n) is 6.86. The summed E-state index contributed by atoms with van der Waals surface area (Å²) < 4.78 is 18.8. The van der Waals surface area contributed by atoms with Gasteiger partial charge in [-0.1, -0.05) is 30.3 Å². The Labute approximate surface area is 188 Å². The highest BCUT2D eigenvalue weighted by molar-refractivity contribution is 5.89. The van der Waals surface area contributed by atoms with Gasteiger partial charge in [0, 0.05) is 44.4 Å². The van der Waals surface area contributed by atoms with E-state index in [1.807, 2.05) is 23.1 Å². The molecule has 2 aliphatic heterocycles. The van der Waals surface area contributed by atoms with E-state index < -0.39 is 5.82 Å². The fourth-order valence-corrected chi connectivity index (χ4v) is 4.75. The molecule has 0 atom stereocenters. The predicted octanol–water partition coefficient (Wildman–Crippen LogP) is 4.66. The SMILES string of the molecule is COc1ccc(NC(=O)N2CCC3(CCC(=O)N(Cc4ccccc4)CC3)CC2)cc1F. The van der Waals surface area contributed by atoms with Gasteiger partial charge in [0.25, 0.3) is 0 Å². The Kier molecular flexibility index (Phi) is 6.63. The number of rotatable bonds is 4. The summed E-state index contributed by atoms with van der Waals surface area (Å²) >= 11 is 0. The average Bonchev–Trinajstić information content (AvgIpc) is 2.95. The Hall–Kier alpha value is -3.09. The first-order chi connectivity index (χ1) is 15.5. The van der Waals surface area contributed by atoms with Gasteiger partial charge < -0.3 is 19.9 Å². The van der Waals surface area contributed by atoms with Gasteiger partial charge in [0.15, 0.2) is 11.6 Å². The monoisotopic (exact) mass is 439 g/mol.